The van der Waals surface area contributed by atoms with Gasteiger partial charge in [0, 0.05) is 25.8 Å². The lowest BCUT2D eigenvalue weighted by molar-refractivity contribution is 0.0816. The molecule has 2 aromatic rings. The third-order valence-corrected chi connectivity index (χ3v) is 4.66. The zero-order valence-electron chi connectivity index (χ0n) is 14.7. The number of benzene rings is 1. The van der Waals surface area contributed by atoms with E-state index in [1.807, 2.05) is 37.3 Å². The Balaban J connectivity index is 1.48. The molecule has 1 aliphatic heterocycles. The van der Waals surface area contributed by atoms with E-state index in [9.17, 15) is 9.90 Å². The summed E-state index contributed by atoms with van der Waals surface area (Å²) in [5.41, 5.74) is 2.29. The summed E-state index contributed by atoms with van der Waals surface area (Å²) in [4.78, 5) is 14.7. The lowest BCUT2D eigenvalue weighted by Crippen LogP contribution is -2.37. The fraction of sp³-hybridized carbons (Fsp3) is 0.474. The van der Waals surface area contributed by atoms with Crippen LogP contribution in [-0.4, -0.2) is 58.0 Å². The number of piperidine rings is 1. The first kappa shape index (κ1) is 17.6. The Kier molecular flexibility index (Phi) is 5.83. The van der Waals surface area contributed by atoms with Gasteiger partial charge in [0.1, 0.15) is 0 Å². The van der Waals surface area contributed by atoms with Crippen molar-refractivity contribution >= 4 is 5.91 Å². The van der Waals surface area contributed by atoms with E-state index < -0.39 is 0 Å². The SMILES string of the molecule is Cc1nn(-c2ccccc2)cc1C(=O)NCCCN1CCC(O)CC1. The molecule has 0 atom stereocenters. The van der Waals surface area contributed by atoms with Gasteiger partial charge >= 0.3 is 0 Å². The first-order valence-electron chi connectivity index (χ1n) is 8.94. The number of nitrogens with one attached hydrogen (secondary N) is 1. The van der Waals surface area contributed by atoms with Gasteiger partial charge in [-0.25, -0.2) is 4.68 Å². The van der Waals surface area contributed by atoms with Crippen LogP contribution in [0, 0.1) is 6.92 Å². The van der Waals surface area contributed by atoms with Crippen molar-refractivity contribution in [3.05, 3.63) is 47.8 Å². The molecule has 2 N–H and O–H groups in total. The fourth-order valence-corrected chi connectivity index (χ4v) is 3.14. The number of aliphatic hydroxyl groups excluding tert-OH is 1. The molecule has 3 rings (SSSR count). The predicted octanol–water partition coefficient (Wildman–Crippen LogP) is 1.76. The Hall–Kier alpha value is -2.18. The van der Waals surface area contributed by atoms with E-state index in [2.05, 4.69) is 15.3 Å². The summed E-state index contributed by atoms with van der Waals surface area (Å²) in [6.45, 7) is 5.34. The molecule has 1 aliphatic rings. The van der Waals surface area contributed by atoms with Crippen LogP contribution in [0.5, 0.6) is 0 Å². The lowest BCUT2D eigenvalue weighted by Gasteiger charge is -2.29. The van der Waals surface area contributed by atoms with E-state index >= 15 is 0 Å². The topological polar surface area (TPSA) is 70.4 Å². The second kappa shape index (κ2) is 8.27. The molecule has 1 amide bonds. The lowest BCUT2D eigenvalue weighted by atomic mass is 10.1. The van der Waals surface area contributed by atoms with Crippen molar-refractivity contribution in [3.63, 3.8) is 0 Å². The molecule has 1 saturated heterocycles. The highest BCUT2D eigenvalue weighted by atomic mass is 16.3. The van der Waals surface area contributed by atoms with Crippen LogP contribution in [0.25, 0.3) is 5.69 Å². The maximum atomic E-state index is 12.4. The van der Waals surface area contributed by atoms with E-state index in [0.717, 1.165) is 50.3 Å². The molecule has 0 bridgehead atoms. The third-order valence-electron chi connectivity index (χ3n) is 4.66. The summed E-state index contributed by atoms with van der Waals surface area (Å²) in [6.07, 6.45) is 4.26. The number of rotatable bonds is 6. The van der Waals surface area contributed by atoms with Crippen LogP contribution in [0.2, 0.25) is 0 Å². The second-order valence-electron chi connectivity index (χ2n) is 6.59. The zero-order chi connectivity index (χ0) is 17.6. The van der Waals surface area contributed by atoms with E-state index in [0.29, 0.717) is 12.1 Å². The Bertz CT molecular complexity index is 691. The molecular formula is C19H26N4O2. The number of hydrogen-bond donors (Lipinski definition) is 2. The van der Waals surface area contributed by atoms with Crippen LogP contribution >= 0.6 is 0 Å². The number of carbonyl (C=O) groups excluding carboxylic acids is 1. The van der Waals surface area contributed by atoms with Gasteiger partial charge in [-0.2, -0.15) is 5.10 Å². The molecule has 0 unspecified atom stereocenters. The summed E-state index contributed by atoms with van der Waals surface area (Å²) in [6, 6.07) is 9.78. The van der Waals surface area contributed by atoms with Gasteiger partial charge in [-0.15, -0.1) is 0 Å². The molecule has 0 aliphatic carbocycles. The highest BCUT2D eigenvalue weighted by Crippen LogP contribution is 2.12. The molecule has 0 saturated carbocycles. The number of likely N-dealkylation sites (tertiary alicyclic amines) is 1. The van der Waals surface area contributed by atoms with Crippen molar-refractivity contribution in [1.82, 2.24) is 20.0 Å². The molecule has 0 spiro atoms. The number of aryl methyl sites for hydroxylation is 1. The van der Waals surface area contributed by atoms with Crippen LogP contribution < -0.4 is 5.32 Å². The number of aliphatic hydroxyl groups is 1. The van der Waals surface area contributed by atoms with Gasteiger partial charge in [0.15, 0.2) is 0 Å². The van der Waals surface area contributed by atoms with Crippen LogP contribution in [-0.2, 0) is 0 Å². The Labute approximate surface area is 148 Å². The highest BCUT2D eigenvalue weighted by molar-refractivity contribution is 5.95. The summed E-state index contributed by atoms with van der Waals surface area (Å²) >= 11 is 0. The third kappa shape index (κ3) is 4.67. The van der Waals surface area contributed by atoms with Gasteiger partial charge in [-0.1, -0.05) is 18.2 Å². The van der Waals surface area contributed by atoms with Gasteiger partial charge in [0.2, 0.25) is 0 Å². The first-order chi connectivity index (χ1) is 12.1. The number of carbonyl (C=O) groups is 1. The van der Waals surface area contributed by atoms with Crippen molar-refractivity contribution in [2.24, 2.45) is 0 Å². The molecule has 2 heterocycles. The van der Waals surface area contributed by atoms with Gasteiger partial charge in [-0.05, 0) is 44.9 Å². The Morgan fingerprint density at radius 3 is 2.72 bits per heavy atom. The minimum absolute atomic E-state index is 0.0752. The van der Waals surface area contributed by atoms with Crippen LogP contribution in [0.4, 0.5) is 0 Å². The number of hydrogen-bond acceptors (Lipinski definition) is 4. The summed E-state index contributed by atoms with van der Waals surface area (Å²) in [5, 5.41) is 16.9. The highest BCUT2D eigenvalue weighted by Gasteiger charge is 2.17. The number of nitrogens with zero attached hydrogens (tertiary/aromatic N) is 3. The summed E-state index contributed by atoms with van der Waals surface area (Å²) < 4.78 is 1.74. The first-order valence-corrected chi connectivity index (χ1v) is 8.94. The number of amides is 1. The molecule has 1 aromatic carbocycles. The van der Waals surface area contributed by atoms with Crippen molar-refractivity contribution in [2.45, 2.75) is 32.3 Å². The largest absolute Gasteiger partial charge is 0.393 e. The van der Waals surface area contributed by atoms with Crippen molar-refractivity contribution < 1.29 is 9.90 Å². The predicted molar refractivity (Wildman–Crippen MR) is 96.9 cm³/mol. The smallest absolute Gasteiger partial charge is 0.254 e. The van der Waals surface area contributed by atoms with Gasteiger partial charge in [0.05, 0.1) is 23.0 Å². The average molecular weight is 342 g/mol. The quantitative estimate of drug-likeness (QED) is 0.785. The molecule has 1 aromatic heterocycles. The van der Waals surface area contributed by atoms with Gasteiger partial charge in [-0.3, -0.25) is 4.79 Å². The van der Waals surface area contributed by atoms with Crippen LogP contribution in [0.15, 0.2) is 36.5 Å². The maximum Gasteiger partial charge on any atom is 0.254 e. The second-order valence-corrected chi connectivity index (χ2v) is 6.59. The fourth-order valence-electron chi connectivity index (χ4n) is 3.14. The van der Waals surface area contributed by atoms with E-state index in [1.165, 1.54) is 0 Å². The molecule has 6 heteroatoms. The molecular weight excluding hydrogens is 316 g/mol. The summed E-state index contributed by atoms with van der Waals surface area (Å²) in [5.74, 6) is -0.0752. The maximum absolute atomic E-state index is 12.4. The standard InChI is InChI=1S/C19H26N4O2/c1-15-18(14-23(21-15)16-6-3-2-4-7-16)19(25)20-10-5-11-22-12-8-17(24)9-13-22/h2-4,6-7,14,17,24H,5,8-13H2,1H3,(H,20,25). The van der Waals surface area contributed by atoms with Gasteiger partial charge < -0.3 is 15.3 Å². The van der Waals surface area contributed by atoms with Crippen molar-refractivity contribution in [2.75, 3.05) is 26.2 Å². The van der Waals surface area contributed by atoms with Crippen LogP contribution in [0.1, 0.15) is 35.3 Å². The minimum Gasteiger partial charge on any atom is -0.393 e. The average Bonchev–Trinajstić information content (AvgIpc) is 3.03. The molecule has 6 nitrogen and oxygen atoms in total. The van der Waals surface area contributed by atoms with Gasteiger partial charge in [0.25, 0.3) is 5.91 Å². The molecule has 134 valence electrons. The Morgan fingerprint density at radius 1 is 1.28 bits per heavy atom. The molecule has 25 heavy (non-hydrogen) atoms. The van der Waals surface area contributed by atoms with E-state index in [-0.39, 0.29) is 12.0 Å². The van der Waals surface area contributed by atoms with E-state index in [1.54, 1.807) is 10.9 Å². The molecule has 0 radical (unpaired) electrons. The molecule has 1 fully saturated rings. The zero-order valence-corrected chi connectivity index (χ0v) is 14.7. The monoisotopic (exact) mass is 342 g/mol. The van der Waals surface area contributed by atoms with Crippen LogP contribution in [0.3, 0.4) is 0 Å². The minimum atomic E-state index is -0.139. The summed E-state index contributed by atoms with van der Waals surface area (Å²) in [7, 11) is 0. The van der Waals surface area contributed by atoms with Crippen molar-refractivity contribution in [3.8, 4) is 5.69 Å². The number of aromatic nitrogens is 2. The Morgan fingerprint density at radius 2 is 2.00 bits per heavy atom. The van der Waals surface area contributed by atoms with Crippen molar-refractivity contribution in [1.29, 1.82) is 0 Å². The normalized spacial score (nSPS) is 16.1. The number of para-hydroxylation sites is 1. The van der Waals surface area contributed by atoms with E-state index in [4.69, 9.17) is 0 Å².